The molecule has 0 heterocycles. The number of anilines is 2. The normalized spacial score (nSPS) is 9.89. The minimum Gasteiger partial charge on any atom is -0.375 e. The minimum absolute atomic E-state index is 0.130. The number of hydrazine groups is 2. The van der Waals surface area contributed by atoms with Crippen molar-refractivity contribution in [3.8, 4) is 0 Å². The molecule has 0 unspecified atom stereocenters. The molecule has 0 spiro atoms. The molecule has 0 atom stereocenters. The van der Waals surface area contributed by atoms with Crippen molar-refractivity contribution in [1.29, 1.82) is 0 Å². The first kappa shape index (κ1) is 27.5. The van der Waals surface area contributed by atoms with E-state index in [1.54, 1.807) is 36.4 Å². The molecule has 14 heteroatoms. The molecular formula is C24H22N8O4S2. The number of hydrogen-bond donors (Lipinski definition) is 8. The maximum absolute atomic E-state index is 12.9. The Morgan fingerprint density at radius 1 is 0.526 bits per heavy atom. The van der Waals surface area contributed by atoms with Gasteiger partial charge in [-0.2, -0.15) is 0 Å². The molecule has 4 amide bonds. The van der Waals surface area contributed by atoms with Gasteiger partial charge in [0.1, 0.15) is 0 Å². The third-order valence-corrected chi connectivity index (χ3v) is 5.03. The summed E-state index contributed by atoms with van der Waals surface area (Å²) in [5.74, 6) is -2.28. The Morgan fingerprint density at radius 3 is 1.32 bits per heavy atom. The Kier molecular flexibility index (Phi) is 9.23. The zero-order valence-electron chi connectivity index (χ0n) is 19.5. The zero-order valence-corrected chi connectivity index (χ0v) is 21.2. The van der Waals surface area contributed by atoms with Crippen LogP contribution in [0.15, 0.2) is 72.8 Å². The van der Waals surface area contributed by atoms with Gasteiger partial charge >= 0.3 is 0 Å². The molecule has 3 aromatic carbocycles. The SMILES string of the molecule is NC(=S)NNC(=O)c1ccccc1NC(=O)c1cccc(C(=O)Nc2ccccc2C(=O)NNC(N)=S)c1. The van der Waals surface area contributed by atoms with Crippen molar-refractivity contribution < 1.29 is 19.2 Å². The molecule has 0 aliphatic carbocycles. The molecule has 38 heavy (non-hydrogen) atoms. The van der Waals surface area contributed by atoms with Crippen LogP contribution in [0.1, 0.15) is 41.4 Å². The van der Waals surface area contributed by atoms with Gasteiger partial charge in [-0.1, -0.05) is 30.3 Å². The standard InChI is InChI=1S/C24H22N8O4S2/c25-23(37)31-29-21(35)15-8-1-3-10-17(15)27-19(33)13-6-5-7-14(12-13)20(34)28-18-11-4-2-9-16(18)22(36)30-32-24(26)38/h1-12H,(H,27,33)(H,28,34)(H,29,35)(H,30,36)(H3,25,31,37)(H3,26,32,38). The lowest BCUT2D eigenvalue weighted by Gasteiger charge is -2.13. The number of amides is 4. The second kappa shape index (κ2) is 12.8. The van der Waals surface area contributed by atoms with E-state index < -0.39 is 23.6 Å². The maximum atomic E-state index is 12.9. The number of para-hydroxylation sites is 2. The Morgan fingerprint density at radius 2 is 0.921 bits per heavy atom. The number of carbonyl (C=O) groups is 4. The molecule has 0 aromatic heterocycles. The van der Waals surface area contributed by atoms with E-state index in [0.29, 0.717) is 0 Å². The highest BCUT2D eigenvalue weighted by Crippen LogP contribution is 2.19. The fourth-order valence-corrected chi connectivity index (χ4v) is 3.24. The van der Waals surface area contributed by atoms with Crippen LogP contribution in [-0.4, -0.2) is 33.9 Å². The number of thiocarbonyl (C=S) groups is 2. The van der Waals surface area contributed by atoms with E-state index in [1.807, 2.05) is 0 Å². The lowest BCUT2D eigenvalue weighted by Crippen LogP contribution is -2.44. The van der Waals surface area contributed by atoms with Gasteiger partial charge in [-0.05, 0) is 66.9 Å². The lowest BCUT2D eigenvalue weighted by molar-refractivity contribution is 0.0936. The molecule has 0 aliphatic rings. The first-order valence-corrected chi connectivity index (χ1v) is 11.6. The van der Waals surface area contributed by atoms with E-state index in [9.17, 15) is 19.2 Å². The monoisotopic (exact) mass is 550 g/mol. The quantitative estimate of drug-likeness (QED) is 0.163. The van der Waals surface area contributed by atoms with E-state index >= 15 is 0 Å². The number of benzene rings is 3. The van der Waals surface area contributed by atoms with Crippen LogP contribution in [-0.2, 0) is 0 Å². The topological polar surface area (TPSA) is 192 Å². The Hall–Kier alpha value is -5.08. The third-order valence-electron chi connectivity index (χ3n) is 4.83. The number of nitrogens with two attached hydrogens (primary N) is 2. The number of rotatable bonds is 6. The van der Waals surface area contributed by atoms with Gasteiger partial charge in [0.15, 0.2) is 10.2 Å². The van der Waals surface area contributed by atoms with Crippen molar-refractivity contribution in [2.45, 2.75) is 0 Å². The van der Waals surface area contributed by atoms with E-state index in [4.69, 9.17) is 11.5 Å². The highest BCUT2D eigenvalue weighted by atomic mass is 32.1. The van der Waals surface area contributed by atoms with Crippen LogP contribution in [0.3, 0.4) is 0 Å². The molecule has 0 bridgehead atoms. The van der Waals surface area contributed by atoms with Crippen LogP contribution in [0, 0.1) is 0 Å². The van der Waals surface area contributed by atoms with Gasteiger partial charge in [0.2, 0.25) is 0 Å². The fraction of sp³-hybridized carbons (Fsp3) is 0. The van der Waals surface area contributed by atoms with Crippen molar-refractivity contribution in [3.05, 3.63) is 95.1 Å². The molecule has 194 valence electrons. The summed E-state index contributed by atoms with van der Waals surface area (Å²) >= 11 is 9.33. The van der Waals surface area contributed by atoms with Crippen LogP contribution in [0.2, 0.25) is 0 Å². The van der Waals surface area contributed by atoms with E-state index in [0.717, 1.165) is 0 Å². The van der Waals surface area contributed by atoms with Crippen LogP contribution in [0.5, 0.6) is 0 Å². The Balaban J connectivity index is 1.75. The summed E-state index contributed by atoms with van der Waals surface area (Å²) < 4.78 is 0. The van der Waals surface area contributed by atoms with Gasteiger partial charge in [-0.25, -0.2) is 0 Å². The van der Waals surface area contributed by atoms with Gasteiger partial charge in [0.05, 0.1) is 22.5 Å². The van der Waals surface area contributed by atoms with E-state index in [2.05, 4.69) is 56.8 Å². The van der Waals surface area contributed by atoms with Crippen LogP contribution < -0.4 is 43.8 Å². The van der Waals surface area contributed by atoms with Gasteiger partial charge in [0, 0.05) is 11.1 Å². The molecule has 3 aromatic rings. The summed E-state index contributed by atoms with van der Waals surface area (Å²) in [5, 5.41) is 5.05. The average molecular weight is 551 g/mol. The van der Waals surface area contributed by atoms with Gasteiger partial charge < -0.3 is 22.1 Å². The van der Waals surface area contributed by atoms with Crippen molar-refractivity contribution in [1.82, 2.24) is 21.7 Å². The highest BCUT2D eigenvalue weighted by Gasteiger charge is 2.17. The predicted octanol–water partition coefficient (Wildman–Crippen LogP) is 1.15. The second-order valence-electron chi connectivity index (χ2n) is 7.47. The summed E-state index contributed by atoms with van der Waals surface area (Å²) in [4.78, 5) is 50.7. The lowest BCUT2D eigenvalue weighted by atomic mass is 10.1. The first-order valence-electron chi connectivity index (χ1n) is 10.8. The van der Waals surface area contributed by atoms with Gasteiger partial charge in [0.25, 0.3) is 23.6 Å². The van der Waals surface area contributed by atoms with E-state index in [-0.39, 0.29) is 43.9 Å². The molecule has 0 saturated carbocycles. The molecule has 3 rings (SSSR count). The number of nitrogens with one attached hydrogen (secondary N) is 6. The number of hydrogen-bond acceptors (Lipinski definition) is 6. The predicted molar refractivity (Wildman–Crippen MR) is 150 cm³/mol. The number of carbonyl (C=O) groups excluding carboxylic acids is 4. The Bertz CT molecular complexity index is 1330. The molecule has 0 fully saturated rings. The van der Waals surface area contributed by atoms with Crippen molar-refractivity contribution in [3.63, 3.8) is 0 Å². The smallest absolute Gasteiger partial charge is 0.271 e. The summed E-state index contributed by atoms with van der Waals surface area (Å²) in [7, 11) is 0. The van der Waals surface area contributed by atoms with Crippen molar-refractivity contribution in [2.75, 3.05) is 10.6 Å². The van der Waals surface area contributed by atoms with Crippen molar-refractivity contribution in [2.24, 2.45) is 11.5 Å². The van der Waals surface area contributed by atoms with Gasteiger partial charge in [-0.3, -0.25) is 40.9 Å². The molecule has 12 nitrogen and oxygen atoms in total. The van der Waals surface area contributed by atoms with Crippen LogP contribution in [0.4, 0.5) is 11.4 Å². The second-order valence-corrected chi connectivity index (χ2v) is 8.35. The summed E-state index contributed by atoms with van der Waals surface area (Å²) in [5.41, 5.74) is 21.0. The van der Waals surface area contributed by atoms with Gasteiger partial charge in [-0.15, -0.1) is 0 Å². The van der Waals surface area contributed by atoms with E-state index in [1.165, 1.54) is 36.4 Å². The molecule has 10 N–H and O–H groups in total. The minimum atomic E-state index is -0.576. The Labute approximate surface area is 227 Å². The first-order chi connectivity index (χ1) is 18.2. The highest BCUT2D eigenvalue weighted by molar-refractivity contribution is 7.80. The van der Waals surface area contributed by atoms with Crippen molar-refractivity contribution >= 4 is 69.7 Å². The third kappa shape index (κ3) is 7.46. The maximum Gasteiger partial charge on any atom is 0.271 e. The summed E-state index contributed by atoms with van der Waals surface area (Å²) in [6.07, 6.45) is 0. The van der Waals surface area contributed by atoms with Crippen LogP contribution in [0.25, 0.3) is 0 Å². The summed E-state index contributed by atoms with van der Waals surface area (Å²) in [6, 6.07) is 18.5. The summed E-state index contributed by atoms with van der Waals surface area (Å²) in [6.45, 7) is 0. The largest absolute Gasteiger partial charge is 0.375 e. The molecule has 0 radical (unpaired) electrons. The molecule has 0 saturated heterocycles. The average Bonchev–Trinajstić information content (AvgIpc) is 2.91. The van der Waals surface area contributed by atoms with Crippen LogP contribution >= 0.6 is 24.4 Å². The molecular weight excluding hydrogens is 528 g/mol. The molecule has 0 aliphatic heterocycles. The fourth-order valence-electron chi connectivity index (χ4n) is 3.14. The zero-order chi connectivity index (χ0) is 27.7.